The predicted octanol–water partition coefficient (Wildman–Crippen LogP) is 1.19. The first-order chi connectivity index (χ1) is 9.94. The molecule has 0 aliphatic rings. The van der Waals surface area contributed by atoms with Gasteiger partial charge in [-0.1, -0.05) is 0 Å². The number of methoxy groups -OCH3 is 1. The van der Waals surface area contributed by atoms with E-state index in [1.54, 1.807) is 0 Å². The van der Waals surface area contributed by atoms with Crippen LogP contribution in [0.25, 0.3) is 0 Å². The van der Waals surface area contributed by atoms with Crippen molar-refractivity contribution in [3.63, 3.8) is 0 Å². The lowest BCUT2D eigenvalue weighted by Crippen LogP contribution is -2.15. The zero-order valence-electron chi connectivity index (χ0n) is 10.8. The fourth-order valence-electron chi connectivity index (χ4n) is 1.48. The molecule has 0 atom stereocenters. The molecule has 1 N–H and O–H groups in total. The van der Waals surface area contributed by atoms with E-state index in [9.17, 15) is 18.5 Å². The van der Waals surface area contributed by atoms with Crippen LogP contribution in [0.1, 0.15) is 0 Å². The second-order valence-corrected chi connectivity index (χ2v) is 5.45. The summed E-state index contributed by atoms with van der Waals surface area (Å²) in [6.07, 6.45) is 2.65. The van der Waals surface area contributed by atoms with Crippen molar-refractivity contribution in [1.82, 2.24) is 9.97 Å². The van der Waals surface area contributed by atoms with Crippen molar-refractivity contribution in [2.45, 2.75) is 4.90 Å². The molecule has 0 aliphatic carbocycles. The van der Waals surface area contributed by atoms with Crippen LogP contribution in [-0.2, 0) is 10.0 Å². The molecule has 2 aromatic rings. The minimum absolute atomic E-state index is 0.0167. The van der Waals surface area contributed by atoms with Crippen molar-refractivity contribution in [3.8, 4) is 5.88 Å². The number of sulfonamides is 1. The first-order valence-electron chi connectivity index (χ1n) is 5.56. The third-order valence-corrected chi connectivity index (χ3v) is 3.80. The van der Waals surface area contributed by atoms with Crippen LogP contribution in [-0.4, -0.2) is 30.4 Å². The molecule has 110 valence electrons. The topological polar surface area (TPSA) is 124 Å². The summed E-state index contributed by atoms with van der Waals surface area (Å²) in [5, 5.41) is 10.5. The molecule has 0 saturated heterocycles. The molecule has 9 nitrogen and oxygen atoms in total. The zero-order valence-corrected chi connectivity index (χ0v) is 11.6. The van der Waals surface area contributed by atoms with Gasteiger partial charge in [-0.25, -0.2) is 18.4 Å². The maximum atomic E-state index is 12.1. The van der Waals surface area contributed by atoms with Gasteiger partial charge in [0.25, 0.3) is 21.6 Å². The molecule has 0 fully saturated rings. The van der Waals surface area contributed by atoms with Gasteiger partial charge >= 0.3 is 0 Å². The Labute approximate surface area is 119 Å². The Kier molecular flexibility index (Phi) is 3.98. The van der Waals surface area contributed by atoms with Crippen molar-refractivity contribution in [1.29, 1.82) is 0 Å². The molecule has 0 aliphatic heterocycles. The summed E-state index contributed by atoms with van der Waals surface area (Å²) in [5.41, 5.74) is -0.203. The van der Waals surface area contributed by atoms with Crippen LogP contribution in [0.4, 0.5) is 11.5 Å². The largest absolute Gasteiger partial charge is 0.478 e. The highest BCUT2D eigenvalue weighted by Crippen LogP contribution is 2.22. The summed E-state index contributed by atoms with van der Waals surface area (Å²) < 4.78 is 31.4. The highest BCUT2D eigenvalue weighted by molar-refractivity contribution is 7.92. The first-order valence-corrected chi connectivity index (χ1v) is 7.04. The smallest absolute Gasteiger partial charge is 0.269 e. The molecule has 2 rings (SSSR count). The molecule has 0 bridgehead atoms. The maximum Gasteiger partial charge on any atom is 0.269 e. The second kappa shape index (κ2) is 5.71. The van der Waals surface area contributed by atoms with Crippen LogP contribution in [0.2, 0.25) is 0 Å². The molecule has 0 spiro atoms. The lowest BCUT2D eigenvalue weighted by atomic mass is 10.3. The second-order valence-electron chi connectivity index (χ2n) is 3.77. The quantitative estimate of drug-likeness (QED) is 0.649. The van der Waals surface area contributed by atoms with Crippen molar-refractivity contribution in [2.24, 2.45) is 0 Å². The van der Waals surface area contributed by atoms with Crippen LogP contribution < -0.4 is 9.46 Å². The molecule has 21 heavy (non-hydrogen) atoms. The molecule has 1 aromatic heterocycles. The Bertz CT molecular complexity index is 760. The fourth-order valence-corrected chi connectivity index (χ4v) is 2.48. The number of rotatable bonds is 5. The minimum Gasteiger partial charge on any atom is -0.478 e. The first kappa shape index (κ1) is 14.7. The van der Waals surface area contributed by atoms with E-state index in [2.05, 4.69) is 14.7 Å². The number of aromatic nitrogens is 2. The van der Waals surface area contributed by atoms with E-state index in [-0.39, 0.29) is 22.3 Å². The normalized spacial score (nSPS) is 10.9. The molecule has 0 saturated carbocycles. The van der Waals surface area contributed by atoms with Crippen molar-refractivity contribution in [3.05, 3.63) is 46.8 Å². The van der Waals surface area contributed by atoms with Gasteiger partial charge in [0, 0.05) is 24.5 Å². The van der Waals surface area contributed by atoms with Crippen molar-refractivity contribution in [2.75, 3.05) is 11.8 Å². The number of ether oxygens (including phenoxy) is 1. The van der Waals surface area contributed by atoms with Gasteiger partial charge in [-0.3, -0.25) is 14.8 Å². The van der Waals surface area contributed by atoms with Gasteiger partial charge in [-0.2, -0.15) is 0 Å². The van der Waals surface area contributed by atoms with E-state index in [0.29, 0.717) is 0 Å². The van der Waals surface area contributed by atoms with E-state index in [0.717, 1.165) is 24.3 Å². The number of nitrogens with one attached hydrogen (secondary N) is 1. The van der Waals surface area contributed by atoms with Crippen LogP contribution in [0.3, 0.4) is 0 Å². The number of nitro benzene ring substituents is 1. The van der Waals surface area contributed by atoms with Crippen molar-refractivity contribution >= 4 is 21.5 Å². The van der Waals surface area contributed by atoms with E-state index < -0.39 is 14.9 Å². The summed E-state index contributed by atoms with van der Waals surface area (Å²) in [5.74, 6) is -0.0543. The number of benzene rings is 1. The average molecular weight is 310 g/mol. The Hall–Kier alpha value is -2.75. The van der Waals surface area contributed by atoms with Gasteiger partial charge in [0.05, 0.1) is 16.9 Å². The fraction of sp³-hybridized carbons (Fsp3) is 0.0909. The van der Waals surface area contributed by atoms with Gasteiger partial charge in [0.2, 0.25) is 5.82 Å². The summed E-state index contributed by atoms with van der Waals surface area (Å²) in [4.78, 5) is 17.4. The Morgan fingerprint density at radius 2 is 1.81 bits per heavy atom. The summed E-state index contributed by atoms with van der Waals surface area (Å²) in [7, 11) is -2.62. The van der Waals surface area contributed by atoms with Crippen LogP contribution in [0, 0.1) is 10.1 Å². The Balaban J connectivity index is 2.32. The molecular formula is C11H10N4O5S. The molecule has 0 radical (unpaired) electrons. The van der Waals surface area contributed by atoms with Crippen LogP contribution >= 0.6 is 0 Å². The third-order valence-electron chi connectivity index (χ3n) is 2.45. The molecule has 0 amide bonds. The number of nitro groups is 1. The number of hydrogen-bond acceptors (Lipinski definition) is 7. The average Bonchev–Trinajstić information content (AvgIpc) is 2.47. The van der Waals surface area contributed by atoms with E-state index >= 15 is 0 Å². The number of non-ortho nitro benzene ring substituents is 1. The van der Waals surface area contributed by atoms with E-state index in [1.165, 1.54) is 19.5 Å². The Morgan fingerprint density at radius 1 is 1.19 bits per heavy atom. The molecule has 0 unspecified atom stereocenters. The molecule has 1 heterocycles. The highest BCUT2D eigenvalue weighted by Gasteiger charge is 2.19. The van der Waals surface area contributed by atoms with Crippen LogP contribution in [0.5, 0.6) is 5.88 Å². The number of hydrogen-bond donors (Lipinski definition) is 1. The summed E-state index contributed by atoms with van der Waals surface area (Å²) >= 11 is 0. The van der Waals surface area contributed by atoms with Crippen LogP contribution in [0.15, 0.2) is 41.6 Å². The lowest BCUT2D eigenvalue weighted by Gasteiger charge is -2.09. The lowest BCUT2D eigenvalue weighted by molar-refractivity contribution is -0.384. The minimum atomic E-state index is -3.94. The van der Waals surface area contributed by atoms with E-state index in [4.69, 9.17) is 4.74 Å². The Morgan fingerprint density at radius 3 is 2.38 bits per heavy atom. The summed E-state index contributed by atoms with van der Waals surface area (Å²) in [6, 6.07) is 4.46. The molecular weight excluding hydrogens is 300 g/mol. The monoisotopic (exact) mass is 310 g/mol. The molecule has 1 aromatic carbocycles. The highest BCUT2D eigenvalue weighted by atomic mass is 32.2. The SMILES string of the molecule is COc1nccnc1NS(=O)(=O)c1ccc([N+](=O)[O-])cc1. The maximum absolute atomic E-state index is 12.1. The third kappa shape index (κ3) is 3.23. The van der Waals surface area contributed by atoms with Gasteiger partial charge in [0.15, 0.2) is 0 Å². The van der Waals surface area contributed by atoms with Crippen molar-refractivity contribution < 1.29 is 18.1 Å². The predicted molar refractivity (Wildman–Crippen MR) is 72.5 cm³/mol. The van der Waals surface area contributed by atoms with Gasteiger partial charge < -0.3 is 4.74 Å². The van der Waals surface area contributed by atoms with Gasteiger partial charge in [-0.15, -0.1) is 0 Å². The van der Waals surface area contributed by atoms with E-state index in [1.807, 2.05) is 0 Å². The molecule has 10 heteroatoms. The van der Waals surface area contributed by atoms with Gasteiger partial charge in [0.1, 0.15) is 0 Å². The number of nitrogens with zero attached hydrogens (tertiary/aromatic N) is 3. The summed E-state index contributed by atoms with van der Waals surface area (Å²) in [6.45, 7) is 0. The zero-order chi connectivity index (χ0) is 15.5. The number of anilines is 1. The standard InChI is InChI=1S/C11H10N4O5S/c1-20-11-10(12-6-7-13-11)14-21(18,19)9-4-2-8(3-5-9)15(16)17/h2-7H,1H3,(H,12,14). The van der Waals surface area contributed by atoms with Gasteiger partial charge in [-0.05, 0) is 12.1 Å².